The van der Waals surface area contributed by atoms with Gasteiger partial charge in [0.2, 0.25) is 0 Å². The third-order valence-corrected chi connectivity index (χ3v) is 3.99. The lowest BCUT2D eigenvalue weighted by Crippen LogP contribution is -2.12. The molecule has 1 aliphatic rings. The number of phenolic OH excluding ortho intramolecular Hbond substituents is 1. The van der Waals surface area contributed by atoms with Crippen molar-refractivity contribution in [1.29, 1.82) is 0 Å². The summed E-state index contributed by atoms with van der Waals surface area (Å²) in [5, 5.41) is 10.4. The maximum atomic E-state index is 10.0. The summed E-state index contributed by atoms with van der Waals surface area (Å²) in [6.45, 7) is 1.97. The second kappa shape index (κ2) is 5.09. The molecular formula is C15H14N2O2S. The fourth-order valence-corrected chi connectivity index (χ4v) is 2.95. The van der Waals surface area contributed by atoms with E-state index >= 15 is 0 Å². The van der Waals surface area contributed by atoms with E-state index in [0.29, 0.717) is 16.4 Å². The van der Waals surface area contributed by atoms with Gasteiger partial charge in [0, 0.05) is 5.56 Å². The second-order valence-corrected chi connectivity index (χ2v) is 5.74. The fourth-order valence-electron chi connectivity index (χ4n) is 2.09. The molecular weight excluding hydrogens is 272 g/mol. The quantitative estimate of drug-likeness (QED) is 0.887. The average molecular weight is 286 g/mol. The summed E-state index contributed by atoms with van der Waals surface area (Å²) in [4.78, 5) is 4.33. The van der Waals surface area contributed by atoms with Crippen LogP contribution in [0, 0.1) is 6.92 Å². The maximum absolute atomic E-state index is 10.0. The Bertz CT molecular complexity index is 690. The molecule has 0 saturated carbocycles. The molecule has 5 heteroatoms. The van der Waals surface area contributed by atoms with E-state index in [0.717, 1.165) is 11.3 Å². The molecule has 3 rings (SSSR count). The Labute approximate surface area is 121 Å². The summed E-state index contributed by atoms with van der Waals surface area (Å²) < 4.78 is 5.42. The van der Waals surface area contributed by atoms with Crippen LogP contribution in [0.4, 0.5) is 0 Å². The molecule has 0 amide bonds. The Morgan fingerprint density at radius 1 is 1.35 bits per heavy atom. The lowest BCUT2D eigenvalue weighted by Gasteiger charge is -2.17. The standard InChI is InChI=1S/C15H14N2O2S/c1-9-4-5-12(18)10(7-9)11-8-14(20-15(16)17-11)13-3-2-6-19-13/h2-8,14,18H,1H3,(H2,16,17). The number of aromatic hydroxyl groups is 1. The molecule has 1 aliphatic heterocycles. The van der Waals surface area contributed by atoms with Gasteiger partial charge in [-0.3, -0.25) is 0 Å². The zero-order chi connectivity index (χ0) is 14.1. The number of furan rings is 1. The molecule has 0 spiro atoms. The van der Waals surface area contributed by atoms with Crippen molar-refractivity contribution in [2.75, 3.05) is 0 Å². The number of thioether (sulfide) groups is 1. The van der Waals surface area contributed by atoms with E-state index in [1.807, 2.05) is 37.3 Å². The van der Waals surface area contributed by atoms with E-state index in [9.17, 15) is 5.11 Å². The monoisotopic (exact) mass is 286 g/mol. The molecule has 3 N–H and O–H groups in total. The van der Waals surface area contributed by atoms with Crippen molar-refractivity contribution in [3.63, 3.8) is 0 Å². The predicted molar refractivity (Wildman–Crippen MR) is 81.5 cm³/mol. The lowest BCUT2D eigenvalue weighted by molar-refractivity contribution is 0.473. The first-order chi connectivity index (χ1) is 9.63. The highest BCUT2D eigenvalue weighted by Crippen LogP contribution is 2.39. The van der Waals surface area contributed by atoms with Crippen LogP contribution in [0.3, 0.4) is 0 Å². The number of benzene rings is 1. The molecule has 0 fully saturated rings. The van der Waals surface area contributed by atoms with E-state index in [4.69, 9.17) is 10.2 Å². The molecule has 102 valence electrons. The van der Waals surface area contributed by atoms with Crippen LogP contribution >= 0.6 is 11.8 Å². The van der Waals surface area contributed by atoms with Crippen LogP contribution in [0.1, 0.15) is 22.1 Å². The number of phenols is 1. The summed E-state index contributed by atoms with van der Waals surface area (Å²) >= 11 is 1.43. The second-order valence-electron chi connectivity index (χ2n) is 4.58. The molecule has 0 saturated heterocycles. The molecule has 1 aromatic heterocycles. The van der Waals surface area contributed by atoms with Crippen LogP contribution in [0.15, 0.2) is 52.1 Å². The van der Waals surface area contributed by atoms with Crippen LogP contribution in [0.2, 0.25) is 0 Å². The molecule has 1 atom stereocenters. The molecule has 4 nitrogen and oxygen atoms in total. The molecule has 0 bridgehead atoms. The number of rotatable bonds is 2. The first kappa shape index (κ1) is 12.9. The van der Waals surface area contributed by atoms with E-state index in [2.05, 4.69) is 4.99 Å². The van der Waals surface area contributed by atoms with Gasteiger partial charge in [-0.2, -0.15) is 0 Å². The van der Waals surface area contributed by atoms with Crippen LogP contribution in [0.5, 0.6) is 5.75 Å². The molecule has 20 heavy (non-hydrogen) atoms. The van der Waals surface area contributed by atoms with Gasteiger partial charge in [-0.25, -0.2) is 4.99 Å². The van der Waals surface area contributed by atoms with Gasteiger partial charge in [-0.05, 0) is 37.3 Å². The first-order valence-electron chi connectivity index (χ1n) is 6.19. The van der Waals surface area contributed by atoms with Gasteiger partial charge in [0.15, 0.2) is 5.17 Å². The van der Waals surface area contributed by atoms with Gasteiger partial charge in [0.05, 0.1) is 17.2 Å². The summed E-state index contributed by atoms with van der Waals surface area (Å²) in [5.74, 6) is 1.01. The van der Waals surface area contributed by atoms with E-state index in [1.165, 1.54) is 11.8 Å². The number of amidine groups is 1. The van der Waals surface area contributed by atoms with Crippen molar-refractivity contribution in [1.82, 2.24) is 0 Å². The number of aryl methyl sites for hydroxylation is 1. The minimum absolute atomic E-state index is 0.0302. The highest BCUT2D eigenvalue weighted by Gasteiger charge is 2.21. The third kappa shape index (κ3) is 2.44. The number of nitrogens with two attached hydrogens (primary N) is 1. The fraction of sp³-hybridized carbons (Fsp3) is 0.133. The summed E-state index contributed by atoms with van der Waals surface area (Å²) in [6, 6.07) is 9.16. The maximum Gasteiger partial charge on any atom is 0.160 e. The molecule has 2 heterocycles. The van der Waals surface area contributed by atoms with Crippen molar-refractivity contribution in [2.45, 2.75) is 12.2 Å². The van der Waals surface area contributed by atoms with Crippen LogP contribution in [0.25, 0.3) is 5.70 Å². The van der Waals surface area contributed by atoms with Crippen molar-refractivity contribution in [3.8, 4) is 5.75 Å². The Balaban J connectivity index is 2.05. The van der Waals surface area contributed by atoms with Crippen molar-refractivity contribution >= 4 is 22.6 Å². The van der Waals surface area contributed by atoms with Crippen LogP contribution in [-0.4, -0.2) is 10.3 Å². The van der Waals surface area contributed by atoms with Crippen molar-refractivity contribution in [3.05, 3.63) is 59.6 Å². The van der Waals surface area contributed by atoms with Crippen molar-refractivity contribution < 1.29 is 9.52 Å². The SMILES string of the molecule is Cc1ccc(O)c(C2=CC(c3ccco3)SC(N)=N2)c1. The number of nitrogens with zero attached hydrogens (tertiary/aromatic N) is 1. The highest BCUT2D eigenvalue weighted by molar-refractivity contribution is 8.14. The minimum Gasteiger partial charge on any atom is -0.507 e. The smallest absolute Gasteiger partial charge is 0.160 e. The zero-order valence-corrected chi connectivity index (χ0v) is 11.7. The molecule has 0 aliphatic carbocycles. The molecule has 2 aromatic rings. The van der Waals surface area contributed by atoms with E-state index < -0.39 is 0 Å². The van der Waals surface area contributed by atoms with Gasteiger partial charge >= 0.3 is 0 Å². The highest BCUT2D eigenvalue weighted by atomic mass is 32.2. The predicted octanol–water partition coefficient (Wildman–Crippen LogP) is 3.44. The Morgan fingerprint density at radius 2 is 2.20 bits per heavy atom. The van der Waals surface area contributed by atoms with Gasteiger partial charge < -0.3 is 15.3 Å². The van der Waals surface area contributed by atoms with Gasteiger partial charge in [0.1, 0.15) is 11.5 Å². The average Bonchev–Trinajstić information content (AvgIpc) is 2.95. The van der Waals surface area contributed by atoms with Gasteiger partial charge in [0.25, 0.3) is 0 Å². The normalized spacial score (nSPS) is 18.6. The lowest BCUT2D eigenvalue weighted by atomic mass is 10.1. The van der Waals surface area contributed by atoms with Crippen LogP contribution < -0.4 is 5.73 Å². The zero-order valence-electron chi connectivity index (χ0n) is 10.9. The Hall–Kier alpha value is -2.14. The Kier molecular flexibility index (Phi) is 3.28. The topological polar surface area (TPSA) is 71.8 Å². The Morgan fingerprint density at radius 3 is 2.95 bits per heavy atom. The minimum atomic E-state index is -0.0302. The van der Waals surface area contributed by atoms with E-state index in [-0.39, 0.29) is 11.0 Å². The molecule has 1 aromatic carbocycles. The summed E-state index contributed by atoms with van der Waals surface area (Å²) in [5.41, 5.74) is 8.31. The molecule has 1 unspecified atom stereocenters. The third-order valence-electron chi connectivity index (χ3n) is 3.04. The van der Waals surface area contributed by atoms with Crippen molar-refractivity contribution in [2.24, 2.45) is 10.7 Å². The van der Waals surface area contributed by atoms with Gasteiger partial charge in [-0.15, -0.1) is 0 Å². The van der Waals surface area contributed by atoms with Crippen LogP contribution in [-0.2, 0) is 0 Å². The number of aliphatic imine (C=N–C) groups is 1. The number of hydrogen-bond donors (Lipinski definition) is 2. The summed E-state index contributed by atoms with van der Waals surface area (Å²) in [6.07, 6.45) is 3.59. The van der Waals surface area contributed by atoms with Gasteiger partial charge in [-0.1, -0.05) is 23.4 Å². The first-order valence-corrected chi connectivity index (χ1v) is 7.07. The van der Waals surface area contributed by atoms with E-state index in [1.54, 1.807) is 12.3 Å². The molecule has 0 radical (unpaired) electrons. The largest absolute Gasteiger partial charge is 0.507 e. The summed E-state index contributed by atoms with van der Waals surface area (Å²) in [7, 11) is 0. The number of hydrogen-bond acceptors (Lipinski definition) is 5.